The second-order valence-electron chi connectivity index (χ2n) is 5.43. The molecule has 0 aliphatic heterocycles. The topological polar surface area (TPSA) is 0 Å². The minimum atomic E-state index is 1.22. The Labute approximate surface area is 115 Å². The van der Waals surface area contributed by atoms with Crippen LogP contribution in [0.25, 0.3) is 16.7 Å². The normalized spacial score (nSPS) is 14.5. The lowest BCUT2D eigenvalue weighted by atomic mass is 9.89. The van der Waals surface area contributed by atoms with E-state index >= 15 is 0 Å². The minimum Gasteiger partial charge on any atom is -0.0807 e. The smallest absolute Gasteiger partial charge is 0.0103 e. The van der Waals surface area contributed by atoms with Crippen LogP contribution in [0.3, 0.4) is 0 Å². The van der Waals surface area contributed by atoms with Gasteiger partial charge in [0.25, 0.3) is 0 Å². The van der Waals surface area contributed by atoms with E-state index in [1.54, 1.807) is 0 Å². The molecule has 3 rings (SSSR count). The highest BCUT2D eigenvalue weighted by molar-refractivity contribution is 5.84. The molecule has 0 saturated heterocycles. The van der Waals surface area contributed by atoms with Crippen molar-refractivity contribution >= 4 is 5.57 Å². The van der Waals surface area contributed by atoms with E-state index in [1.165, 1.54) is 52.7 Å². The molecule has 0 bridgehead atoms. The van der Waals surface area contributed by atoms with Crippen LogP contribution in [-0.2, 0) is 0 Å². The molecule has 1 aliphatic carbocycles. The maximum Gasteiger partial charge on any atom is -0.0103 e. The van der Waals surface area contributed by atoms with Gasteiger partial charge in [-0.3, -0.25) is 0 Å². The summed E-state index contributed by atoms with van der Waals surface area (Å²) in [4.78, 5) is 0. The highest BCUT2D eigenvalue weighted by Crippen LogP contribution is 2.37. The molecule has 0 spiro atoms. The quantitative estimate of drug-likeness (QED) is 0.654. The molecule has 0 aromatic heterocycles. The zero-order valence-corrected chi connectivity index (χ0v) is 11.7. The van der Waals surface area contributed by atoms with E-state index in [4.69, 9.17) is 0 Å². The molecule has 0 nitrogen and oxygen atoms in total. The molecular weight excluding hydrogens is 228 g/mol. The fourth-order valence-corrected chi connectivity index (χ4v) is 3.14. The van der Waals surface area contributed by atoms with Crippen molar-refractivity contribution in [3.63, 3.8) is 0 Å². The number of aryl methyl sites for hydroxylation is 2. The molecule has 0 amide bonds. The average Bonchev–Trinajstić information content (AvgIpc) is 2.93. The van der Waals surface area contributed by atoms with Gasteiger partial charge in [0.15, 0.2) is 0 Å². The first-order valence-corrected chi connectivity index (χ1v) is 7.12. The number of benzene rings is 2. The summed E-state index contributed by atoms with van der Waals surface area (Å²) >= 11 is 0. The van der Waals surface area contributed by atoms with E-state index in [-0.39, 0.29) is 0 Å². The van der Waals surface area contributed by atoms with Crippen molar-refractivity contribution in [1.29, 1.82) is 0 Å². The third kappa shape index (κ3) is 2.23. The van der Waals surface area contributed by atoms with Crippen LogP contribution in [0.1, 0.15) is 36.0 Å². The third-order valence-electron chi connectivity index (χ3n) is 4.06. The number of allylic oxidation sites excluding steroid dienone is 2. The molecule has 0 unspecified atom stereocenters. The second kappa shape index (κ2) is 5.05. The van der Waals surface area contributed by atoms with E-state index < -0.39 is 0 Å². The Balaban J connectivity index is 2.20. The van der Waals surface area contributed by atoms with E-state index in [1.807, 2.05) is 0 Å². The van der Waals surface area contributed by atoms with Crippen molar-refractivity contribution in [3.8, 4) is 11.1 Å². The van der Waals surface area contributed by atoms with Gasteiger partial charge in [0.1, 0.15) is 0 Å². The van der Waals surface area contributed by atoms with Gasteiger partial charge in [-0.1, -0.05) is 48.5 Å². The van der Waals surface area contributed by atoms with E-state index in [2.05, 4.69) is 62.4 Å². The van der Waals surface area contributed by atoms with Crippen molar-refractivity contribution in [1.82, 2.24) is 0 Å². The van der Waals surface area contributed by atoms with Crippen molar-refractivity contribution in [2.45, 2.75) is 33.1 Å². The molecular formula is C19H20. The van der Waals surface area contributed by atoms with Crippen LogP contribution in [-0.4, -0.2) is 0 Å². The van der Waals surface area contributed by atoms with Crippen LogP contribution >= 0.6 is 0 Å². The first kappa shape index (κ1) is 12.2. The Hall–Kier alpha value is -1.82. The molecule has 2 aromatic rings. The first-order chi connectivity index (χ1) is 9.27. The summed E-state index contributed by atoms with van der Waals surface area (Å²) in [6.45, 7) is 4.42. The molecule has 0 saturated carbocycles. The Kier molecular flexibility index (Phi) is 3.25. The lowest BCUT2D eigenvalue weighted by molar-refractivity contribution is 0.935. The number of hydrogen-bond donors (Lipinski definition) is 0. The zero-order chi connectivity index (χ0) is 13.2. The summed E-state index contributed by atoms with van der Waals surface area (Å²) in [5.41, 5.74) is 8.49. The summed E-state index contributed by atoms with van der Waals surface area (Å²) < 4.78 is 0. The van der Waals surface area contributed by atoms with Gasteiger partial charge < -0.3 is 0 Å². The molecule has 0 fully saturated rings. The van der Waals surface area contributed by atoms with E-state index in [0.29, 0.717) is 0 Å². The summed E-state index contributed by atoms with van der Waals surface area (Å²) in [6, 6.07) is 15.4. The molecule has 1 aliphatic rings. The molecule has 19 heavy (non-hydrogen) atoms. The Morgan fingerprint density at radius 1 is 0.789 bits per heavy atom. The second-order valence-corrected chi connectivity index (χ2v) is 5.43. The summed E-state index contributed by atoms with van der Waals surface area (Å²) in [5.74, 6) is 0. The van der Waals surface area contributed by atoms with Crippen LogP contribution in [0.4, 0.5) is 0 Å². The SMILES string of the molecule is Cc1cccc(C)c1-c1ccccc1C1=CCCC1. The summed E-state index contributed by atoms with van der Waals surface area (Å²) in [6.07, 6.45) is 6.17. The number of hydrogen-bond acceptors (Lipinski definition) is 0. The monoisotopic (exact) mass is 248 g/mol. The molecule has 0 atom stereocenters. The van der Waals surface area contributed by atoms with Crippen molar-refractivity contribution in [2.24, 2.45) is 0 Å². The molecule has 0 heteroatoms. The molecule has 0 N–H and O–H groups in total. The Morgan fingerprint density at radius 3 is 2.11 bits per heavy atom. The van der Waals surface area contributed by atoms with Crippen LogP contribution in [0.2, 0.25) is 0 Å². The van der Waals surface area contributed by atoms with Gasteiger partial charge in [0.2, 0.25) is 0 Å². The predicted molar refractivity (Wildman–Crippen MR) is 83.2 cm³/mol. The summed E-state index contributed by atoms with van der Waals surface area (Å²) in [5, 5.41) is 0. The highest BCUT2D eigenvalue weighted by atomic mass is 14.2. The van der Waals surface area contributed by atoms with Crippen LogP contribution in [0.5, 0.6) is 0 Å². The minimum absolute atomic E-state index is 1.22. The van der Waals surface area contributed by atoms with Crippen LogP contribution in [0.15, 0.2) is 48.5 Å². The van der Waals surface area contributed by atoms with Crippen molar-refractivity contribution < 1.29 is 0 Å². The van der Waals surface area contributed by atoms with Gasteiger partial charge in [-0.05, 0) is 66.5 Å². The van der Waals surface area contributed by atoms with E-state index in [0.717, 1.165) is 0 Å². The van der Waals surface area contributed by atoms with Crippen molar-refractivity contribution in [2.75, 3.05) is 0 Å². The maximum atomic E-state index is 2.41. The van der Waals surface area contributed by atoms with E-state index in [9.17, 15) is 0 Å². The van der Waals surface area contributed by atoms with Gasteiger partial charge in [0.05, 0.1) is 0 Å². The average molecular weight is 248 g/mol. The highest BCUT2D eigenvalue weighted by Gasteiger charge is 2.14. The fourth-order valence-electron chi connectivity index (χ4n) is 3.14. The standard InChI is InChI=1S/C19H20/c1-14-8-7-9-15(2)19(14)18-13-6-5-12-17(18)16-10-3-4-11-16/h5-10,12-13H,3-4,11H2,1-2H3. The molecule has 96 valence electrons. The van der Waals surface area contributed by atoms with Crippen LogP contribution in [0, 0.1) is 13.8 Å². The molecule has 0 radical (unpaired) electrons. The maximum absolute atomic E-state index is 2.41. The number of rotatable bonds is 2. The van der Waals surface area contributed by atoms with Gasteiger partial charge >= 0.3 is 0 Å². The largest absolute Gasteiger partial charge is 0.0807 e. The van der Waals surface area contributed by atoms with Gasteiger partial charge in [-0.15, -0.1) is 0 Å². The molecule has 0 heterocycles. The Morgan fingerprint density at radius 2 is 1.47 bits per heavy atom. The van der Waals surface area contributed by atoms with Gasteiger partial charge in [-0.2, -0.15) is 0 Å². The van der Waals surface area contributed by atoms with Gasteiger partial charge in [0, 0.05) is 0 Å². The fraction of sp³-hybridized carbons (Fsp3) is 0.263. The lowest BCUT2D eigenvalue weighted by Gasteiger charge is -2.15. The van der Waals surface area contributed by atoms with Crippen LogP contribution < -0.4 is 0 Å². The third-order valence-corrected chi connectivity index (χ3v) is 4.06. The van der Waals surface area contributed by atoms with Gasteiger partial charge in [-0.25, -0.2) is 0 Å². The first-order valence-electron chi connectivity index (χ1n) is 7.12. The zero-order valence-electron chi connectivity index (χ0n) is 11.7. The Bertz CT molecular complexity index is 612. The molecule has 2 aromatic carbocycles. The van der Waals surface area contributed by atoms with Crippen molar-refractivity contribution in [3.05, 3.63) is 65.2 Å². The summed E-state index contributed by atoms with van der Waals surface area (Å²) in [7, 11) is 0. The predicted octanol–water partition coefficient (Wildman–Crippen LogP) is 5.54. The lowest BCUT2D eigenvalue weighted by Crippen LogP contribution is -1.93.